The number of halogens is 3. The first-order valence-corrected chi connectivity index (χ1v) is 5.66. The highest BCUT2D eigenvalue weighted by Crippen LogP contribution is 2.30. The van der Waals surface area contributed by atoms with E-state index in [9.17, 15) is 18.3 Å². The van der Waals surface area contributed by atoms with Gasteiger partial charge in [-0.05, 0) is 29.7 Å². The minimum absolute atomic E-state index is 0.103. The molecular formula is C14H12F3NO. The zero-order chi connectivity index (χ0) is 14.0. The molecule has 5 heteroatoms. The fourth-order valence-electron chi connectivity index (χ4n) is 1.89. The molecule has 0 aliphatic heterocycles. The molecule has 2 nitrogen and oxygen atoms in total. The van der Waals surface area contributed by atoms with E-state index in [1.807, 2.05) is 6.92 Å². The Morgan fingerprint density at radius 1 is 1.16 bits per heavy atom. The summed E-state index contributed by atoms with van der Waals surface area (Å²) < 4.78 is 37.3. The average molecular weight is 267 g/mol. The Kier molecular flexibility index (Phi) is 3.57. The molecule has 1 N–H and O–H groups in total. The van der Waals surface area contributed by atoms with Crippen LogP contribution in [0.15, 0.2) is 36.5 Å². The Bertz CT molecular complexity index is 576. The Labute approximate surface area is 108 Å². The first kappa shape index (κ1) is 13.5. The first-order valence-electron chi connectivity index (χ1n) is 5.66. The molecule has 0 radical (unpaired) electrons. The first-order chi connectivity index (χ1) is 8.93. The zero-order valence-electron chi connectivity index (χ0n) is 10.2. The van der Waals surface area contributed by atoms with Crippen LogP contribution in [0.2, 0.25) is 0 Å². The number of rotatable bonds is 2. The Balaban J connectivity index is 2.43. The third-order valence-electron chi connectivity index (χ3n) is 2.98. The van der Waals surface area contributed by atoms with E-state index < -0.39 is 11.9 Å². The summed E-state index contributed by atoms with van der Waals surface area (Å²) in [6.07, 6.45) is -3.23. The molecule has 1 aromatic heterocycles. The topological polar surface area (TPSA) is 33.1 Å². The van der Waals surface area contributed by atoms with Crippen LogP contribution in [-0.4, -0.2) is 10.1 Å². The normalized spacial score (nSPS) is 11.6. The Hall–Kier alpha value is -1.88. The van der Waals surface area contributed by atoms with Gasteiger partial charge in [-0.25, -0.2) is 0 Å². The van der Waals surface area contributed by atoms with Gasteiger partial charge in [-0.1, -0.05) is 24.3 Å². The van der Waals surface area contributed by atoms with E-state index in [0.29, 0.717) is 5.56 Å². The minimum atomic E-state index is -4.43. The molecule has 0 fully saturated rings. The van der Waals surface area contributed by atoms with Crippen molar-refractivity contribution in [1.82, 2.24) is 4.98 Å². The van der Waals surface area contributed by atoms with Gasteiger partial charge in [0.15, 0.2) is 0 Å². The fraction of sp³-hybridized carbons (Fsp3) is 0.214. The van der Waals surface area contributed by atoms with Gasteiger partial charge < -0.3 is 5.11 Å². The molecule has 2 rings (SSSR count). The third-order valence-corrected chi connectivity index (χ3v) is 2.98. The summed E-state index contributed by atoms with van der Waals surface area (Å²) >= 11 is 0. The van der Waals surface area contributed by atoms with E-state index in [1.165, 1.54) is 12.3 Å². The van der Waals surface area contributed by atoms with E-state index in [0.717, 1.165) is 22.8 Å². The lowest BCUT2D eigenvalue weighted by molar-refractivity contribution is -0.141. The van der Waals surface area contributed by atoms with Crippen LogP contribution < -0.4 is 0 Å². The van der Waals surface area contributed by atoms with Crippen LogP contribution in [0.1, 0.15) is 16.8 Å². The molecule has 0 bridgehead atoms. The molecule has 0 atom stereocenters. The van der Waals surface area contributed by atoms with E-state index in [4.69, 9.17) is 0 Å². The predicted octanol–water partition coefficient (Wildman–Crippen LogP) is 3.57. The van der Waals surface area contributed by atoms with Crippen LogP contribution in [0, 0.1) is 6.92 Å². The number of aliphatic hydroxyl groups is 1. The monoisotopic (exact) mass is 267 g/mol. The maximum absolute atomic E-state index is 12.4. The number of benzene rings is 1. The number of hydrogen-bond donors (Lipinski definition) is 1. The number of hydrogen-bond acceptors (Lipinski definition) is 2. The van der Waals surface area contributed by atoms with Gasteiger partial charge in [0.2, 0.25) is 0 Å². The zero-order valence-corrected chi connectivity index (χ0v) is 10.2. The van der Waals surface area contributed by atoms with Gasteiger partial charge in [0.05, 0.1) is 6.61 Å². The number of alkyl halides is 3. The summed E-state index contributed by atoms with van der Waals surface area (Å²) in [6.45, 7) is 1.71. The largest absolute Gasteiger partial charge is 0.433 e. The van der Waals surface area contributed by atoms with Crippen molar-refractivity contribution in [3.63, 3.8) is 0 Å². The van der Waals surface area contributed by atoms with Gasteiger partial charge in [-0.3, -0.25) is 4.98 Å². The number of pyridine rings is 1. The van der Waals surface area contributed by atoms with Crippen LogP contribution in [0.4, 0.5) is 13.2 Å². The van der Waals surface area contributed by atoms with Crippen LogP contribution in [-0.2, 0) is 12.8 Å². The summed E-state index contributed by atoms with van der Waals surface area (Å²) in [5.74, 6) is 0. The molecular weight excluding hydrogens is 255 g/mol. The smallest absolute Gasteiger partial charge is 0.392 e. The summed E-state index contributed by atoms with van der Waals surface area (Å²) in [6, 6.07) is 7.67. The van der Waals surface area contributed by atoms with Crippen molar-refractivity contribution >= 4 is 0 Å². The molecule has 0 unspecified atom stereocenters. The lowest BCUT2D eigenvalue weighted by Gasteiger charge is -2.11. The molecule has 0 aliphatic carbocycles. The second-order valence-corrected chi connectivity index (χ2v) is 4.18. The van der Waals surface area contributed by atoms with Crippen LogP contribution in [0.3, 0.4) is 0 Å². The SMILES string of the molecule is Cc1c(CO)cccc1-c1ccc(C(F)(F)F)nc1. The van der Waals surface area contributed by atoms with Crippen LogP contribution >= 0.6 is 0 Å². The van der Waals surface area contributed by atoms with Crippen molar-refractivity contribution in [2.45, 2.75) is 19.7 Å². The quantitative estimate of drug-likeness (QED) is 0.902. The van der Waals surface area contributed by atoms with Crippen molar-refractivity contribution in [3.8, 4) is 11.1 Å². The molecule has 0 saturated heterocycles. The number of aromatic nitrogens is 1. The summed E-state index contributed by atoms with van der Waals surface area (Å²) in [7, 11) is 0. The number of nitrogens with zero attached hydrogens (tertiary/aromatic N) is 1. The molecule has 0 saturated carbocycles. The van der Waals surface area contributed by atoms with E-state index in [1.54, 1.807) is 18.2 Å². The van der Waals surface area contributed by atoms with E-state index in [2.05, 4.69) is 4.98 Å². The summed E-state index contributed by atoms with van der Waals surface area (Å²) in [5.41, 5.74) is 2.05. The minimum Gasteiger partial charge on any atom is -0.392 e. The van der Waals surface area contributed by atoms with Crippen molar-refractivity contribution in [2.75, 3.05) is 0 Å². The second-order valence-electron chi connectivity index (χ2n) is 4.18. The van der Waals surface area contributed by atoms with Gasteiger partial charge >= 0.3 is 6.18 Å². The van der Waals surface area contributed by atoms with Gasteiger partial charge in [-0.2, -0.15) is 13.2 Å². The molecule has 1 aromatic carbocycles. The third kappa shape index (κ3) is 2.76. The molecule has 2 aromatic rings. The number of aliphatic hydroxyl groups excluding tert-OH is 1. The highest BCUT2D eigenvalue weighted by molar-refractivity contribution is 5.67. The molecule has 0 spiro atoms. The second kappa shape index (κ2) is 5.01. The van der Waals surface area contributed by atoms with Gasteiger partial charge in [0, 0.05) is 11.8 Å². The van der Waals surface area contributed by atoms with Gasteiger partial charge in [0.25, 0.3) is 0 Å². The van der Waals surface area contributed by atoms with Crippen molar-refractivity contribution in [1.29, 1.82) is 0 Å². The average Bonchev–Trinajstić information content (AvgIpc) is 2.38. The van der Waals surface area contributed by atoms with Crippen molar-refractivity contribution in [3.05, 3.63) is 53.3 Å². The Morgan fingerprint density at radius 2 is 1.89 bits per heavy atom. The molecule has 0 aliphatic rings. The molecule has 100 valence electrons. The van der Waals surface area contributed by atoms with E-state index >= 15 is 0 Å². The summed E-state index contributed by atoms with van der Waals surface area (Å²) in [5, 5.41) is 9.18. The molecule has 1 heterocycles. The van der Waals surface area contributed by atoms with Gasteiger partial charge in [-0.15, -0.1) is 0 Å². The van der Waals surface area contributed by atoms with Crippen LogP contribution in [0.25, 0.3) is 11.1 Å². The maximum atomic E-state index is 12.4. The lowest BCUT2D eigenvalue weighted by atomic mass is 9.98. The van der Waals surface area contributed by atoms with E-state index in [-0.39, 0.29) is 6.61 Å². The molecule has 0 amide bonds. The fourth-order valence-corrected chi connectivity index (χ4v) is 1.89. The lowest BCUT2D eigenvalue weighted by Crippen LogP contribution is -2.07. The standard InChI is InChI=1S/C14H12F3NO/c1-9-11(8-19)3-2-4-12(9)10-5-6-13(18-7-10)14(15,16)17/h2-7,19H,8H2,1H3. The molecule has 19 heavy (non-hydrogen) atoms. The summed E-state index contributed by atoms with van der Waals surface area (Å²) in [4.78, 5) is 3.44. The highest BCUT2D eigenvalue weighted by atomic mass is 19.4. The highest BCUT2D eigenvalue weighted by Gasteiger charge is 2.32. The van der Waals surface area contributed by atoms with Crippen LogP contribution in [0.5, 0.6) is 0 Å². The predicted molar refractivity (Wildman–Crippen MR) is 65.3 cm³/mol. The van der Waals surface area contributed by atoms with Crippen molar-refractivity contribution in [2.24, 2.45) is 0 Å². The maximum Gasteiger partial charge on any atom is 0.433 e. The van der Waals surface area contributed by atoms with Crippen molar-refractivity contribution < 1.29 is 18.3 Å². The van der Waals surface area contributed by atoms with Gasteiger partial charge in [0.1, 0.15) is 5.69 Å². The Morgan fingerprint density at radius 3 is 2.42 bits per heavy atom.